The van der Waals surface area contributed by atoms with Crippen LogP contribution in [0.25, 0.3) is 21.7 Å². The van der Waals surface area contributed by atoms with Gasteiger partial charge in [0.1, 0.15) is 11.3 Å². The van der Waals surface area contributed by atoms with Crippen LogP contribution >= 0.6 is 0 Å². The number of hydrogen-bond donors (Lipinski definition) is 2. The molecule has 28 heavy (non-hydrogen) atoms. The van der Waals surface area contributed by atoms with Gasteiger partial charge in [-0.05, 0) is 34.5 Å². The molecular formula is C22H16N2O4. The molecule has 4 rings (SSSR count). The van der Waals surface area contributed by atoms with Gasteiger partial charge in [0, 0.05) is 17.0 Å². The van der Waals surface area contributed by atoms with E-state index in [4.69, 9.17) is 4.42 Å². The van der Waals surface area contributed by atoms with E-state index in [-0.39, 0.29) is 18.1 Å². The third kappa shape index (κ3) is 3.48. The van der Waals surface area contributed by atoms with E-state index in [2.05, 4.69) is 10.5 Å². The number of fused-ring (bicyclic) bond motifs is 3. The van der Waals surface area contributed by atoms with Gasteiger partial charge in [-0.25, -0.2) is 10.2 Å². The Balaban J connectivity index is 1.64. The van der Waals surface area contributed by atoms with Crippen LogP contribution in [-0.4, -0.2) is 17.2 Å². The van der Waals surface area contributed by atoms with Crippen LogP contribution < -0.4 is 11.1 Å². The second-order valence-electron chi connectivity index (χ2n) is 6.28. The number of amides is 1. The first-order valence-electron chi connectivity index (χ1n) is 8.66. The minimum Gasteiger partial charge on any atom is -0.507 e. The molecule has 0 saturated heterocycles. The molecule has 1 heterocycles. The van der Waals surface area contributed by atoms with E-state index in [1.807, 2.05) is 30.3 Å². The van der Waals surface area contributed by atoms with Gasteiger partial charge in [0.25, 0.3) is 0 Å². The van der Waals surface area contributed by atoms with E-state index in [1.165, 1.54) is 18.3 Å². The molecule has 6 heteroatoms. The third-order valence-electron chi connectivity index (χ3n) is 4.40. The minimum atomic E-state index is -0.511. The highest BCUT2D eigenvalue weighted by molar-refractivity contribution is 6.08. The quantitative estimate of drug-likeness (QED) is 0.249. The normalized spacial score (nSPS) is 11.3. The molecule has 0 fully saturated rings. The highest BCUT2D eigenvalue weighted by atomic mass is 16.4. The van der Waals surface area contributed by atoms with Crippen LogP contribution in [-0.2, 0) is 11.2 Å². The molecule has 3 aromatic carbocycles. The maximum atomic E-state index is 12.4. The minimum absolute atomic E-state index is 0.0335. The van der Waals surface area contributed by atoms with Crippen molar-refractivity contribution < 1.29 is 14.3 Å². The van der Waals surface area contributed by atoms with Crippen molar-refractivity contribution in [3.63, 3.8) is 0 Å². The second-order valence-corrected chi connectivity index (χ2v) is 6.28. The molecule has 0 radical (unpaired) electrons. The number of rotatable bonds is 4. The van der Waals surface area contributed by atoms with Crippen molar-refractivity contribution in [1.82, 2.24) is 5.43 Å². The molecule has 0 atom stereocenters. The summed E-state index contributed by atoms with van der Waals surface area (Å²) in [6.07, 6.45) is 1.33. The first kappa shape index (κ1) is 17.5. The predicted molar refractivity (Wildman–Crippen MR) is 108 cm³/mol. The van der Waals surface area contributed by atoms with Crippen molar-refractivity contribution >= 4 is 33.9 Å². The lowest BCUT2D eigenvalue weighted by molar-refractivity contribution is -0.120. The van der Waals surface area contributed by atoms with E-state index in [9.17, 15) is 14.7 Å². The maximum Gasteiger partial charge on any atom is 0.336 e. The molecule has 0 saturated carbocycles. The van der Waals surface area contributed by atoms with E-state index in [1.54, 1.807) is 24.3 Å². The molecule has 2 N–H and O–H groups in total. The third-order valence-corrected chi connectivity index (χ3v) is 4.40. The van der Waals surface area contributed by atoms with E-state index >= 15 is 0 Å². The highest BCUT2D eigenvalue weighted by Crippen LogP contribution is 2.27. The van der Waals surface area contributed by atoms with Gasteiger partial charge in [0.15, 0.2) is 0 Å². The van der Waals surface area contributed by atoms with Crippen LogP contribution in [0.15, 0.2) is 81.0 Å². The summed E-state index contributed by atoms with van der Waals surface area (Å²) in [5.41, 5.74) is 3.41. The maximum absolute atomic E-state index is 12.4. The van der Waals surface area contributed by atoms with E-state index in [0.717, 1.165) is 16.2 Å². The number of benzene rings is 3. The summed E-state index contributed by atoms with van der Waals surface area (Å²) in [6, 6.07) is 19.3. The standard InChI is InChI=1S/C22H16N2O4/c25-18-8-4-2-6-15(18)13-23-24-20(26)11-16-12-21(27)28-19-10-9-14-5-1-3-7-17(14)22(16)19/h1-10,12-13,25H,11H2,(H,24,26)/b23-13+. The molecule has 0 spiro atoms. The molecule has 0 bridgehead atoms. The number of carbonyl (C=O) groups is 1. The lowest BCUT2D eigenvalue weighted by atomic mass is 10.00. The average molecular weight is 372 g/mol. The second kappa shape index (κ2) is 7.36. The fourth-order valence-electron chi connectivity index (χ4n) is 3.14. The van der Waals surface area contributed by atoms with Crippen molar-refractivity contribution in [2.24, 2.45) is 5.10 Å². The fourth-order valence-corrected chi connectivity index (χ4v) is 3.14. The number of hydrazone groups is 1. The van der Waals surface area contributed by atoms with Crippen LogP contribution in [0.4, 0.5) is 0 Å². The average Bonchev–Trinajstić information content (AvgIpc) is 2.69. The Kier molecular flexibility index (Phi) is 4.60. The van der Waals surface area contributed by atoms with Crippen molar-refractivity contribution in [3.05, 3.63) is 88.3 Å². The SMILES string of the molecule is O=C(Cc1cc(=O)oc2ccc3ccccc3c12)N/N=C/c1ccccc1O. The van der Waals surface area contributed by atoms with Crippen LogP contribution in [0.1, 0.15) is 11.1 Å². The van der Waals surface area contributed by atoms with Gasteiger partial charge in [-0.3, -0.25) is 4.79 Å². The van der Waals surface area contributed by atoms with Gasteiger partial charge >= 0.3 is 5.63 Å². The number of aromatic hydroxyl groups is 1. The zero-order valence-electron chi connectivity index (χ0n) is 14.8. The molecule has 6 nitrogen and oxygen atoms in total. The van der Waals surface area contributed by atoms with Crippen LogP contribution in [0.3, 0.4) is 0 Å². The Hall–Kier alpha value is -3.93. The largest absolute Gasteiger partial charge is 0.507 e. The molecule has 4 aromatic rings. The fraction of sp³-hybridized carbons (Fsp3) is 0.0455. The van der Waals surface area contributed by atoms with Gasteiger partial charge in [0.05, 0.1) is 12.6 Å². The Morgan fingerprint density at radius 2 is 1.86 bits per heavy atom. The van der Waals surface area contributed by atoms with Gasteiger partial charge in [-0.1, -0.05) is 42.5 Å². The summed E-state index contributed by atoms with van der Waals surface area (Å²) in [5, 5.41) is 16.2. The summed E-state index contributed by atoms with van der Waals surface area (Å²) in [4.78, 5) is 24.3. The topological polar surface area (TPSA) is 91.9 Å². The number of phenolic OH excluding ortho intramolecular Hbond substituents is 1. The monoisotopic (exact) mass is 372 g/mol. The molecule has 0 aliphatic heterocycles. The summed E-state index contributed by atoms with van der Waals surface area (Å²) in [5.74, 6) is -0.315. The number of nitrogens with zero attached hydrogens (tertiary/aromatic N) is 1. The van der Waals surface area contributed by atoms with Crippen molar-refractivity contribution in [2.75, 3.05) is 0 Å². The summed E-state index contributed by atoms with van der Waals surface area (Å²) in [7, 11) is 0. The van der Waals surface area contributed by atoms with Crippen LogP contribution in [0.5, 0.6) is 5.75 Å². The molecule has 138 valence electrons. The molecule has 0 aliphatic rings. The summed E-state index contributed by atoms with van der Waals surface area (Å²) in [6.45, 7) is 0. The molecular weight excluding hydrogens is 356 g/mol. The highest BCUT2D eigenvalue weighted by Gasteiger charge is 2.12. The van der Waals surface area contributed by atoms with E-state index < -0.39 is 5.63 Å². The molecule has 0 aliphatic carbocycles. The van der Waals surface area contributed by atoms with Gasteiger partial charge in [-0.15, -0.1) is 0 Å². The molecule has 1 aromatic heterocycles. The summed E-state index contributed by atoms with van der Waals surface area (Å²) >= 11 is 0. The zero-order valence-corrected chi connectivity index (χ0v) is 14.8. The van der Waals surface area contributed by atoms with E-state index in [0.29, 0.717) is 16.7 Å². The van der Waals surface area contributed by atoms with Crippen LogP contribution in [0.2, 0.25) is 0 Å². The van der Waals surface area contributed by atoms with Gasteiger partial charge in [-0.2, -0.15) is 5.10 Å². The lowest BCUT2D eigenvalue weighted by Crippen LogP contribution is -2.20. The molecule has 1 amide bonds. The predicted octanol–water partition coefficient (Wildman–Crippen LogP) is 3.34. The Morgan fingerprint density at radius 1 is 1.07 bits per heavy atom. The van der Waals surface area contributed by atoms with Gasteiger partial charge < -0.3 is 9.52 Å². The van der Waals surface area contributed by atoms with Crippen molar-refractivity contribution in [3.8, 4) is 5.75 Å². The number of phenols is 1. The number of hydrogen-bond acceptors (Lipinski definition) is 5. The number of nitrogens with one attached hydrogen (secondary N) is 1. The first-order valence-corrected chi connectivity index (χ1v) is 8.66. The van der Waals surface area contributed by atoms with Gasteiger partial charge in [0.2, 0.25) is 5.91 Å². The lowest BCUT2D eigenvalue weighted by Gasteiger charge is -2.08. The summed E-state index contributed by atoms with van der Waals surface area (Å²) < 4.78 is 5.30. The van der Waals surface area contributed by atoms with Crippen molar-refractivity contribution in [1.29, 1.82) is 0 Å². The number of carbonyl (C=O) groups excluding carboxylic acids is 1. The first-order chi connectivity index (χ1) is 13.6. The van der Waals surface area contributed by atoms with Crippen molar-refractivity contribution in [2.45, 2.75) is 6.42 Å². The number of para-hydroxylation sites is 1. The zero-order chi connectivity index (χ0) is 19.5. The Bertz CT molecular complexity index is 1270. The Labute approximate surface area is 159 Å². The Morgan fingerprint density at radius 3 is 2.71 bits per heavy atom. The molecule has 0 unspecified atom stereocenters. The van der Waals surface area contributed by atoms with Crippen LogP contribution in [0, 0.1) is 0 Å². The smallest absolute Gasteiger partial charge is 0.336 e.